The molecule has 1 aliphatic carbocycles. The molecule has 84 valence electrons. The zero-order valence-electron chi connectivity index (χ0n) is 9.10. The molecular weight excluding hydrogens is 210 g/mol. The summed E-state index contributed by atoms with van der Waals surface area (Å²) in [5, 5.41) is 13.3. The highest BCUT2D eigenvalue weighted by atomic mass is 32.1. The van der Waals surface area contributed by atoms with E-state index in [4.69, 9.17) is 5.11 Å². The molecule has 0 aliphatic heterocycles. The highest BCUT2D eigenvalue weighted by Gasteiger charge is 2.26. The van der Waals surface area contributed by atoms with Crippen LogP contribution in [-0.4, -0.2) is 27.1 Å². The summed E-state index contributed by atoms with van der Waals surface area (Å²) in [4.78, 5) is 4.39. The summed E-state index contributed by atoms with van der Waals surface area (Å²) >= 11 is 1.42. The maximum absolute atomic E-state index is 9.14. The molecule has 1 aliphatic rings. The predicted molar refractivity (Wildman–Crippen MR) is 61.2 cm³/mol. The first-order chi connectivity index (χ1) is 7.15. The van der Waals surface area contributed by atoms with Crippen LogP contribution in [0, 0.1) is 5.92 Å². The number of nitrogens with zero attached hydrogens (tertiary/aromatic N) is 2. The Hall–Kier alpha value is -0.680. The Bertz CT molecular complexity index is 320. The summed E-state index contributed by atoms with van der Waals surface area (Å²) in [7, 11) is 0. The van der Waals surface area contributed by atoms with Gasteiger partial charge in [0.15, 0.2) is 0 Å². The van der Waals surface area contributed by atoms with Crippen molar-refractivity contribution in [2.75, 3.05) is 11.9 Å². The fraction of sp³-hybridized carbons (Fsp3) is 0.800. The van der Waals surface area contributed by atoms with Crippen molar-refractivity contribution in [1.29, 1.82) is 0 Å². The Morgan fingerprint density at radius 2 is 2.27 bits per heavy atom. The van der Waals surface area contributed by atoms with Crippen LogP contribution in [0.4, 0.5) is 5.13 Å². The second-order valence-electron chi connectivity index (χ2n) is 4.48. The summed E-state index contributed by atoms with van der Waals surface area (Å²) in [6, 6.07) is 0. The number of rotatable bonds is 4. The van der Waals surface area contributed by atoms with E-state index in [0.717, 1.165) is 30.3 Å². The van der Waals surface area contributed by atoms with E-state index in [9.17, 15) is 0 Å². The Kier molecular flexibility index (Phi) is 3.21. The van der Waals surface area contributed by atoms with Crippen molar-refractivity contribution in [1.82, 2.24) is 9.36 Å². The van der Waals surface area contributed by atoms with Gasteiger partial charge in [0, 0.05) is 24.0 Å². The van der Waals surface area contributed by atoms with E-state index in [2.05, 4.69) is 28.5 Å². The van der Waals surface area contributed by atoms with Crippen LogP contribution < -0.4 is 5.32 Å². The zero-order valence-corrected chi connectivity index (χ0v) is 9.92. The normalized spacial score (nSPS) is 25.3. The summed E-state index contributed by atoms with van der Waals surface area (Å²) in [5.74, 6) is 1.91. The minimum atomic E-state index is -0.0718. The van der Waals surface area contributed by atoms with E-state index < -0.39 is 0 Å². The molecule has 1 aromatic heterocycles. The summed E-state index contributed by atoms with van der Waals surface area (Å²) in [6.07, 6.45) is 1.77. The smallest absolute Gasteiger partial charge is 0.202 e. The fourth-order valence-electron chi connectivity index (χ4n) is 1.64. The molecule has 1 heterocycles. The topological polar surface area (TPSA) is 58.0 Å². The van der Waals surface area contributed by atoms with E-state index in [1.807, 2.05) is 0 Å². The van der Waals surface area contributed by atoms with Gasteiger partial charge in [0.2, 0.25) is 5.13 Å². The van der Waals surface area contributed by atoms with Crippen LogP contribution in [0.15, 0.2) is 0 Å². The van der Waals surface area contributed by atoms with Crippen molar-refractivity contribution in [3.05, 3.63) is 5.82 Å². The van der Waals surface area contributed by atoms with E-state index in [1.165, 1.54) is 11.5 Å². The van der Waals surface area contributed by atoms with Crippen molar-refractivity contribution >= 4 is 16.7 Å². The Morgan fingerprint density at radius 1 is 1.53 bits per heavy atom. The van der Waals surface area contributed by atoms with Crippen molar-refractivity contribution in [2.24, 2.45) is 5.92 Å². The Balaban J connectivity index is 1.78. The van der Waals surface area contributed by atoms with Crippen LogP contribution in [0.1, 0.15) is 38.4 Å². The van der Waals surface area contributed by atoms with Gasteiger partial charge in [-0.2, -0.15) is 4.37 Å². The van der Waals surface area contributed by atoms with Crippen molar-refractivity contribution < 1.29 is 5.11 Å². The summed E-state index contributed by atoms with van der Waals surface area (Å²) in [6.45, 7) is 5.09. The predicted octanol–water partition coefficient (Wildman–Crippen LogP) is 1.84. The largest absolute Gasteiger partial charge is 0.393 e. The second-order valence-corrected chi connectivity index (χ2v) is 5.24. The molecule has 2 N–H and O–H groups in total. The van der Waals surface area contributed by atoms with Gasteiger partial charge in [0.1, 0.15) is 5.82 Å². The highest BCUT2D eigenvalue weighted by molar-refractivity contribution is 7.09. The molecule has 0 aromatic carbocycles. The van der Waals surface area contributed by atoms with Crippen LogP contribution in [0.3, 0.4) is 0 Å². The molecule has 0 spiro atoms. The lowest BCUT2D eigenvalue weighted by atomic mass is 9.82. The van der Waals surface area contributed by atoms with Gasteiger partial charge in [0.25, 0.3) is 0 Å². The minimum absolute atomic E-state index is 0.0718. The van der Waals surface area contributed by atoms with Gasteiger partial charge in [0.05, 0.1) is 6.10 Å². The Labute approximate surface area is 93.9 Å². The lowest BCUT2D eigenvalue weighted by Crippen LogP contribution is -2.33. The standard InChI is InChI=1S/C10H17N3OS/c1-6(2)9-12-10(15-13-9)11-5-7-3-8(14)4-7/h6-8,14H,3-5H2,1-2H3,(H,11,12,13). The van der Waals surface area contributed by atoms with Crippen LogP contribution in [-0.2, 0) is 0 Å². The van der Waals surface area contributed by atoms with Gasteiger partial charge in [-0.25, -0.2) is 4.98 Å². The first-order valence-electron chi connectivity index (χ1n) is 5.40. The van der Waals surface area contributed by atoms with Crippen LogP contribution in [0.25, 0.3) is 0 Å². The number of aliphatic hydroxyl groups is 1. The maximum atomic E-state index is 9.14. The fourth-order valence-corrected chi connectivity index (χ4v) is 2.35. The average molecular weight is 227 g/mol. The number of nitrogens with one attached hydrogen (secondary N) is 1. The molecule has 0 bridgehead atoms. The second kappa shape index (κ2) is 4.45. The number of hydrogen-bond donors (Lipinski definition) is 2. The lowest BCUT2D eigenvalue weighted by Gasteiger charge is -2.31. The van der Waals surface area contributed by atoms with Crippen molar-refractivity contribution in [2.45, 2.75) is 38.7 Å². The van der Waals surface area contributed by atoms with Crippen LogP contribution >= 0.6 is 11.5 Å². The lowest BCUT2D eigenvalue weighted by molar-refractivity contribution is 0.0487. The maximum Gasteiger partial charge on any atom is 0.202 e. The van der Waals surface area contributed by atoms with Crippen LogP contribution in [0.2, 0.25) is 0 Å². The van der Waals surface area contributed by atoms with Gasteiger partial charge >= 0.3 is 0 Å². The number of anilines is 1. The molecule has 2 rings (SSSR count). The third kappa shape index (κ3) is 2.66. The molecule has 0 radical (unpaired) electrons. The SMILES string of the molecule is CC(C)c1nsc(NCC2CC(O)C2)n1. The van der Waals surface area contributed by atoms with E-state index in [1.54, 1.807) is 0 Å². The Morgan fingerprint density at radius 3 is 2.80 bits per heavy atom. The molecule has 5 heteroatoms. The zero-order chi connectivity index (χ0) is 10.8. The molecule has 1 fully saturated rings. The summed E-state index contributed by atoms with van der Waals surface area (Å²) in [5.41, 5.74) is 0. The summed E-state index contributed by atoms with van der Waals surface area (Å²) < 4.78 is 4.27. The number of hydrogen-bond acceptors (Lipinski definition) is 5. The van der Waals surface area contributed by atoms with Crippen molar-refractivity contribution in [3.8, 4) is 0 Å². The van der Waals surface area contributed by atoms with Crippen LogP contribution in [0.5, 0.6) is 0 Å². The van der Waals surface area contributed by atoms with Gasteiger partial charge in [-0.3, -0.25) is 0 Å². The van der Waals surface area contributed by atoms with Gasteiger partial charge in [-0.15, -0.1) is 0 Å². The molecule has 0 atom stereocenters. The van der Waals surface area contributed by atoms with Gasteiger partial charge in [-0.1, -0.05) is 13.8 Å². The van der Waals surface area contributed by atoms with E-state index >= 15 is 0 Å². The number of aliphatic hydroxyl groups excluding tert-OH is 1. The van der Waals surface area contributed by atoms with Gasteiger partial charge < -0.3 is 10.4 Å². The molecule has 1 saturated carbocycles. The first kappa shape index (κ1) is 10.8. The molecule has 1 aromatic rings. The van der Waals surface area contributed by atoms with E-state index in [0.29, 0.717) is 11.8 Å². The highest BCUT2D eigenvalue weighted by Crippen LogP contribution is 2.27. The molecule has 0 amide bonds. The monoisotopic (exact) mass is 227 g/mol. The average Bonchev–Trinajstić information content (AvgIpc) is 2.59. The third-order valence-corrected chi connectivity index (χ3v) is 3.40. The van der Waals surface area contributed by atoms with Crippen molar-refractivity contribution in [3.63, 3.8) is 0 Å². The first-order valence-corrected chi connectivity index (χ1v) is 6.18. The van der Waals surface area contributed by atoms with Gasteiger partial charge in [-0.05, 0) is 18.8 Å². The third-order valence-electron chi connectivity index (χ3n) is 2.71. The quantitative estimate of drug-likeness (QED) is 0.824. The molecule has 4 nitrogen and oxygen atoms in total. The molecule has 0 saturated heterocycles. The molecule has 15 heavy (non-hydrogen) atoms. The molecular formula is C10H17N3OS. The molecule has 0 unspecified atom stereocenters. The minimum Gasteiger partial charge on any atom is -0.393 e. The van der Waals surface area contributed by atoms with E-state index in [-0.39, 0.29) is 6.10 Å². The number of aromatic nitrogens is 2.